The topological polar surface area (TPSA) is 68.3 Å². The molecule has 84 valence electrons. The quantitative estimate of drug-likeness (QED) is 0.700. The highest BCUT2D eigenvalue weighted by Gasteiger charge is 2.34. The van der Waals surface area contributed by atoms with Crippen LogP contribution in [0.15, 0.2) is 28.0 Å². The summed E-state index contributed by atoms with van der Waals surface area (Å²) in [6, 6.07) is 4.69. The molecule has 4 nitrogen and oxygen atoms in total. The maximum absolute atomic E-state index is 11.0. The number of rotatable bonds is 0. The second-order valence-corrected chi connectivity index (χ2v) is 8.38. The zero-order valence-electron chi connectivity index (χ0n) is 6.82. The lowest BCUT2D eigenvalue weighted by Crippen LogP contribution is -2.13. The van der Waals surface area contributed by atoms with Crippen LogP contribution in [-0.4, -0.2) is 16.8 Å². The Morgan fingerprint density at radius 3 is 1.53 bits per heavy atom. The van der Waals surface area contributed by atoms with E-state index >= 15 is 0 Å². The number of fused-ring (bicyclic) bond motifs is 2. The first kappa shape index (κ1) is 13.1. The van der Waals surface area contributed by atoms with Crippen molar-refractivity contribution in [2.24, 2.45) is 0 Å². The molecule has 2 bridgehead atoms. The van der Waals surface area contributed by atoms with Gasteiger partial charge in [-0.05, 0) is 12.1 Å². The smallest absolute Gasteiger partial charge is 0.218 e. The predicted molar refractivity (Wildman–Crippen MR) is 57.5 cm³/mol. The van der Waals surface area contributed by atoms with E-state index < -0.39 is 18.1 Å². The lowest BCUT2D eigenvalue weighted by molar-refractivity contribution is 0.588. The third kappa shape index (κ3) is 2.98. The Kier molecular flexibility index (Phi) is 3.57. The van der Waals surface area contributed by atoms with Crippen molar-refractivity contribution >= 4 is 51.1 Å². The molecule has 9 heteroatoms. The van der Waals surface area contributed by atoms with Crippen molar-refractivity contribution in [2.75, 3.05) is 0 Å². The van der Waals surface area contributed by atoms with Crippen LogP contribution >= 0.6 is 33.0 Å². The SMILES string of the molecule is O=S(=O)(Cl)Cl.O=S1(=O)c2cccc1c2Cl. The van der Waals surface area contributed by atoms with Gasteiger partial charge in [-0.15, -0.1) is 0 Å². The Morgan fingerprint density at radius 1 is 1.07 bits per heavy atom. The molecule has 2 aliphatic heterocycles. The molecular formula is C6H3Cl3O4S2. The molecule has 2 heterocycles. The van der Waals surface area contributed by atoms with Crippen molar-refractivity contribution in [3.05, 3.63) is 23.2 Å². The maximum Gasteiger partial charge on any atom is 0.317 e. The van der Waals surface area contributed by atoms with Gasteiger partial charge in [0.25, 0.3) is 0 Å². The molecule has 0 fully saturated rings. The first-order valence-electron chi connectivity index (χ1n) is 3.32. The average molecular weight is 310 g/mol. The van der Waals surface area contributed by atoms with Gasteiger partial charge in [0.05, 0.1) is 14.8 Å². The minimum Gasteiger partial charge on any atom is -0.218 e. The zero-order chi connectivity index (χ0) is 11.9. The minimum absolute atomic E-state index is 0.256. The number of benzene rings is 1. The molecule has 0 aromatic heterocycles. The molecule has 1 aromatic rings. The van der Waals surface area contributed by atoms with Crippen LogP contribution in [0.4, 0.5) is 0 Å². The Labute approximate surface area is 101 Å². The largest absolute Gasteiger partial charge is 0.317 e. The first-order valence-corrected chi connectivity index (χ1v) is 8.31. The molecule has 0 unspecified atom stereocenters. The Bertz CT molecular complexity index is 555. The van der Waals surface area contributed by atoms with Gasteiger partial charge in [0, 0.05) is 21.4 Å². The second-order valence-electron chi connectivity index (χ2n) is 2.45. The summed E-state index contributed by atoms with van der Waals surface area (Å²) in [4.78, 5) is 0.512. The van der Waals surface area contributed by atoms with Gasteiger partial charge >= 0.3 is 8.26 Å². The van der Waals surface area contributed by atoms with Crippen LogP contribution in [0.3, 0.4) is 0 Å². The third-order valence-corrected chi connectivity index (χ3v) is 3.98. The lowest BCUT2D eigenvalue weighted by Gasteiger charge is -2.17. The Hall–Kier alpha value is -0.0100. The van der Waals surface area contributed by atoms with Crippen molar-refractivity contribution < 1.29 is 16.8 Å². The van der Waals surface area contributed by atoms with E-state index in [9.17, 15) is 8.42 Å². The highest BCUT2D eigenvalue weighted by Crippen LogP contribution is 2.41. The summed E-state index contributed by atoms with van der Waals surface area (Å²) in [7, 11) is 1.72. The molecule has 2 aliphatic rings. The molecule has 1 aromatic carbocycles. The summed E-state index contributed by atoms with van der Waals surface area (Å²) in [6.45, 7) is 0. The van der Waals surface area contributed by atoms with Crippen LogP contribution in [0, 0.1) is 0 Å². The van der Waals surface area contributed by atoms with E-state index in [1.54, 1.807) is 6.07 Å². The Balaban J connectivity index is 0.000000195. The summed E-state index contributed by atoms with van der Waals surface area (Å²) >= 11 is 5.58. The summed E-state index contributed by atoms with van der Waals surface area (Å²) in [5.41, 5.74) is 0. The fraction of sp³-hybridized carbons (Fsp3) is 0. The third-order valence-electron chi connectivity index (χ3n) is 1.51. The van der Waals surface area contributed by atoms with E-state index in [1.807, 2.05) is 0 Å². The van der Waals surface area contributed by atoms with Gasteiger partial charge in [-0.1, -0.05) is 17.7 Å². The van der Waals surface area contributed by atoms with Crippen LogP contribution in [-0.2, 0) is 18.1 Å². The van der Waals surface area contributed by atoms with E-state index in [0.717, 1.165) is 0 Å². The Morgan fingerprint density at radius 2 is 1.40 bits per heavy atom. The van der Waals surface area contributed by atoms with Crippen LogP contribution in [0.1, 0.15) is 0 Å². The van der Waals surface area contributed by atoms with Crippen LogP contribution in [0.25, 0.3) is 0 Å². The van der Waals surface area contributed by atoms with Crippen LogP contribution in [0.5, 0.6) is 0 Å². The van der Waals surface area contributed by atoms with Crippen molar-refractivity contribution in [1.82, 2.24) is 0 Å². The van der Waals surface area contributed by atoms with E-state index in [-0.39, 0.29) is 9.79 Å². The molecule has 0 radical (unpaired) electrons. The van der Waals surface area contributed by atoms with E-state index in [4.69, 9.17) is 20.0 Å². The number of sulfone groups is 1. The van der Waals surface area contributed by atoms with Gasteiger partial charge in [-0.3, -0.25) is 0 Å². The molecule has 15 heavy (non-hydrogen) atoms. The maximum atomic E-state index is 11.0. The van der Waals surface area contributed by atoms with Crippen molar-refractivity contribution in [1.29, 1.82) is 0 Å². The summed E-state index contributed by atoms with van der Waals surface area (Å²) in [6.07, 6.45) is 0. The molecule has 0 aliphatic carbocycles. The zero-order valence-corrected chi connectivity index (χ0v) is 10.7. The summed E-state index contributed by atoms with van der Waals surface area (Å²) in [5.74, 6) is 0. The van der Waals surface area contributed by atoms with Crippen LogP contribution < -0.4 is 0 Å². The van der Waals surface area contributed by atoms with Gasteiger partial charge in [0.1, 0.15) is 0 Å². The van der Waals surface area contributed by atoms with Gasteiger partial charge in [-0.2, -0.15) is 8.42 Å². The summed E-state index contributed by atoms with van der Waals surface area (Å²) in [5, 5.41) is 0.377. The van der Waals surface area contributed by atoms with Gasteiger partial charge < -0.3 is 0 Å². The summed E-state index contributed by atoms with van der Waals surface area (Å²) < 4.78 is 40.3. The standard InChI is InChI=1S/C6H3ClO2S.Cl2O2S/c7-6-4-2-1-3-5(6)10(4,8)9;1-5(2,3)4/h1-3H;. The lowest BCUT2D eigenvalue weighted by atomic mass is 10.3. The highest BCUT2D eigenvalue weighted by atomic mass is 36.0. The van der Waals surface area contributed by atoms with E-state index in [1.165, 1.54) is 12.1 Å². The van der Waals surface area contributed by atoms with Crippen molar-refractivity contribution in [3.63, 3.8) is 0 Å². The molecule has 0 amide bonds. The molecule has 3 rings (SSSR count). The van der Waals surface area contributed by atoms with Gasteiger partial charge in [0.2, 0.25) is 9.84 Å². The van der Waals surface area contributed by atoms with Crippen molar-refractivity contribution in [3.8, 4) is 0 Å². The molecule has 0 spiro atoms. The molecule has 0 N–H and O–H groups in total. The fourth-order valence-corrected chi connectivity index (χ4v) is 3.00. The highest BCUT2D eigenvalue weighted by molar-refractivity contribution is 8.31. The van der Waals surface area contributed by atoms with Crippen LogP contribution in [0.2, 0.25) is 5.02 Å². The van der Waals surface area contributed by atoms with Gasteiger partial charge in [0.15, 0.2) is 0 Å². The van der Waals surface area contributed by atoms with Gasteiger partial charge in [-0.25, -0.2) is 8.42 Å². The predicted octanol–water partition coefficient (Wildman–Crippen LogP) is 2.20. The monoisotopic (exact) mass is 308 g/mol. The van der Waals surface area contributed by atoms with Crippen molar-refractivity contribution in [2.45, 2.75) is 9.79 Å². The normalized spacial score (nSPS) is 15.9. The molecule has 0 atom stereocenters. The number of hydrogen-bond acceptors (Lipinski definition) is 4. The first-order chi connectivity index (χ1) is 6.64. The fourth-order valence-electron chi connectivity index (χ4n) is 0.978. The molecule has 0 saturated carbocycles. The number of hydrogen-bond donors (Lipinski definition) is 0. The van der Waals surface area contributed by atoms with E-state index in [0.29, 0.717) is 5.02 Å². The molecule has 0 saturated heterocycles. The second kappa shape index (κ2) is 4.10. The number of halogens is 3. The minimum atomic E-state index is -3.72. The molecular weight excluding hydrogens is 307 g/mol. The van der Waals surface area contributed by atoms with E-state index in [2.05, 4.69) is 21.4 Å². The average Bonchev–Trinajstić information content (AvgIpc) is 2.01.